The zero-order valence-corrected chi connectivity index (χ0v) is 18.7. The number of methoxy groups -OCH3 is 1. The lowest BCUT2D eigenvalue weighted by molar-refractivity contribution is 0.0959. The average Bonchev–Trinajstić information content (AvgIpc) is 3.46. The van der Waals surface area contributed by atoms with Crippen molar-refractivity contribution in [3.8, 4) is 0 Å². The van der Waals surface area contributed by atoms with E-state index in [4.69, 9.17) is 10.1 Å². The number of hydrogen-bond acceptors (Lipinski definition) is 7. The van der Waals surface area contributed by atoms with Crippen LogP contribution in [0.2, 0.25) is 0 Å². The van der Waals surface area contributed by atoms with E-state index in [1.165, 1.54) is 29.6 Å². The number of benzene rings is 1. The average molecular weight is 439 g/mol. The summed E-state index contributed by atoms with van der Waals surface area (Å²) in [5.74, 6) is -0.166. The first-order valence-corrected chi connectivity index (χ1v) is 10.7. The summed E-state index contributed by atoms with van der Waals surface area (Å²) in [6.07, 6.45) is 3.23. The molecule has 0 spiro atoms. The molecule has 8 heteroatoms. The van der Waals surface area contributed by atoms with Gasteiger partial charge in [-0.25, -0.2) is 5.43 Å². The molecule has 2 aromatic rings. The van der Waals surface area contributed by atoms with Crippen LogP contribution in [0.3, 0.4) is 0 Å². The van der Waals surface area contributed by atoms with Crippen LogP contribution in [0.15, 0.2) is 47.8 Å². The molecule has 1 aliphatic rings. The Hall–Kier alpha value is -3.39. The van der Waals surface area contributed by atoms with Gasteiger partial charge in [-0.2, -0.15) is 5.10 Å². The van der Waals surface area contributed by atoms with Gasteiger partial charge in [0.1, 0.15) is 11.5 Å². The van der Waals surface area contributed by atoms with E-state index < -0.39 is 5.91 Å². The Morgan fingerprint density at radius 1 is 1.23 bits per heavy atom. The number of rotatable bonds is 8. The van der Waals surface area contributed by atoms with E-state index in [1.807, 2.05) is 12.1 Å². The minimum absolute atomic E-state index is 0.176. The number of amides is 1. The minimum Gasteiger partial charge on any atom is -0.504 e. The predicted octanol–water partition coefficient (Wildman–Crippen LogP) is 4.13. The van der Waals surface area contributed by atoms with Crippen LogP contribution in [-0.4, -0.2) is 36.6 Å². The van der Waals surface area contributed by atoms with Gasteiger partial charge in [-0.1, -0.05) is 18.7 Å². The molecule has 1 aromatic carbocycles. The Bertz CT molecular complexity index is 1100. The van der Waals surface area contributed by atoms with Gasteiger partial charge < -0.3 is 15.2 Å². The molecule has 7 nitrogen and oxygen atoms in total. The van der Waals surface area contributed by atoms with Gasteiger partial charge >= 0.3 is 0 Å². The van der Waals surface area contributed by atoms with Gasteiger partial charge in [-0.05, 0) is 55.5 Å². The van der Waals surface area contributed by atoms with Crippen LogP contribution >= 0.6 is 11.3 Å². The predicted molar refractivity (Wildman–Crippen MR) is 126 cm³/mol. The normalized spacial score (nSPS) is 13.8. The molecule has 0 aliphatic heterocycles. The summed E-state index contributed by atoms with van der Waals surface area (Å²) in [5, 5.41) is 26.0. The van der Waals surface area contributed by atoms with E-state index in [-0.39, 0.29) is 17.2 Å². The number of hydrogen-bond donors (Lipinski definition) is 4. The van der Waals surface area contributed by atoms with Gasteiger partial charge in [0.15, 0.2) is 5.76 Å². The molecule has 1 aromatic heterocycles. The molecule has 31 heavy (non-hydrogen) atoms. The van der Waals surface area contributed by atoms with Crippen molar-refractivity contribution in [2.24, 2.45) is 5.10 Å². The van der Waals surface area contributed by atoms with E-state index in [1.54, 1.807) is 26.1 Å². The summed E-state index contributed by atoms with van der Waals surface area (Å²) < 4.78 is 5.07. The lowest BCUT2D eigenvalue weighted by atomic mass is 10.0. The highest BCUT2D eigenvalue weighted by Crippen LogP contribution is 2.26. The first-order chi connectivity index (χ1) is 14.8. The third-order valence-electron chi connectivity index (χ3n) is 5.15. The number of nitrogens with zero attached hydrogens (tertiary/aromatic N) is 1. The molecule has 3 rings (SSSR count). The third kappa shape index (κ3) is 4.86. The lowest BCUT2D eigenvalue weighted by Crippen LogP contribution is -2.23. The second kappa shape index (κ2) is 9.61. The topological polar surface area (TPSA) is 107 Å². The summed E-state index contributed by atoms with van der Waals surface area (Å²) in [5.41, 5.74) is 6.29. The number of carbonyl (C=O) groups excluding carboxylic acids is 1. The van der Waals surface area contributed by atoms with E-state index in [0.29, 0.717) is 16.3 Å². The van der Waals surface area contributed by atoms with Crippen LogP contribution in [0.4, 0.5) is 0 Å². The van der Waals surface area contributed by atoms with Crippen molar-refractivity contribution in [3.05, 3.63) is 69.1 Å². The first kappa shape index (κ1) is 22.3. The number of aliphatic hydroxyl groups is 1. The molecule has 0 bridgehead atoms. The highest BCUT2D eigenvalue weighted by Gasteiger charge is 2.18. The summed E-state index contributed by atoms with van der Waals surface area (Å²) in [7, 11) is 3.21. The van der Waals surface area contributed by atoms with Gasteiger partial charge in [0.2, 0.25) is 0 Å². The molecular formula is C23H26N4O3S. The van der Waals surface area contributed by atoms with Gasteiger partial charge in [-0.3, -0.25) is 10.2 Å². The van der Waals surface area contributed by atoms with Gasteiger partial charge in [0.05, 0.1) is 28.3 Å². The van der Waals surface area contributed by atoms with Crippen LogP contribution in [0.5, 0.6) is 0 Å². The maximum atomic E-state index is 12.4. The number of thiophene rings is 1. The fourth-order valence-electron chi connectivity index (χ4n) is 3.38. The summed E-state index contributed by atoms with van der Waals surface area (Å²) in [6, 6.07) is 9.46. The molecule has 0 saturated heterocycles. The van der Waals surface area contributed by atoms with Crippen molar-refractivity contribution < 1.29 is 14.6 Å². The quantitative estimate of drug-likeness (QED) is 0.282. The highest BCUT2D eigenvalue weighted by molar-refractivity contribution is 7.15. The van der Waals surface area contributed by atoms with E-state index in [9.17, 15) is 9.90 Å². The third-order valence-corrected chi connectivity index (χ3v) is 6.27. The van der Waals surface area contributed by atoms with Crippen molar-refractivity contribution >= 4 is 40.1 Å². The standard InChI is InChI=1S/C23H26N4O3S/c1-13(26-27-23(29)19-11-10-18(31-19)14(2)30-4)20(24)22(28)21(25-3)17-9-8-15-6-5-7-16(15)12-17/h8-12,24-25,28H,2,5-7H2,1,3-4H3,(H,27,29)/b22-21+,24-20?,26-13+. The fourth-order valence-corrected chi connectivity index (χ4v) is 4.22. The van der Waals surface area contributed by atoms with Crippen molar-refractivity contribution in [3.63, 3.8) is 0 Å². The van der Waals surface area contributed by atoms with Crippen LogP contribution in [0, 0.1) is 5.41 Å². The highest BCUT2D eigenvalue weighted by atomic mass is 32.1. The molecular weight excluding hydrogens is 412 g/mol. The Balaban J connectivity index is 1.75. The molecule has 0 saturated carbocycles. The Morgan fingerprint density at radius 3 is 2.65 bits per heavy atom. The molecule has 0 unspecified atom stereocenters. The van der Waals surface area contributed by atoms with Crippen LogP contribution in [-0.2, 0) is 17.6 Å². The van der Waals surface area contributed by atoms with Crippen molar-refractivity contribution in [1.82, 2.24) is 10.7 Å². The second-order valence-electron chi connectivity index (χ2n) is 7.11. The van der Waals surface area contributed by atoms with Crippen LogP contribution < -0.4 is 10.7 Å². The molecule has 162 valence electrons. The number of nitrogens with one attached hydrogen (secondary N) is 3. The Labute approximate surface area is 185 Å². The fraction of sp³-hybridized carbons (Fsp3) is 0.261. The van der Waals surface area contributed by atoms with Gasteiger partial charge in [-0.15, -0.1) is 11.3 Å². The zero-order valence-electron chi connectivity index (χ0n) is 17.8. The summed E-state index contributed by atoms with van der Waals surface area (Å²) in [4.78, 5) is 13.5. The molecule has 1 amide bonds. The number of ether oxygens (including phenoxy) is 1. The Morgan fingerprint density at radius 2 is 1.94 bits per heavy atom. The van der Waals surface area contributed by atoms with Crippen LogP contribution in [0.25, 0.3) is 11.5 Å². The number of aliphatic hydroxyl groups excluding tert-OH is 1. The van der Waals surface area contributed by atoms with E-state index >= 15 is 0 Å². The number of fused-ring (bicyclic) bond motifs is 1. The summed E-state index contributed by atoms with van der Waals surface area (Å²) in [6.45, 7) is 5.32. The molecule has 1 heterocycles. The largest absolute Gasteiger partial charge is 0.504 e. The molecule has 0 fully saturated rings. The van der Waals surface area contributed by atoms with E-state index in [2.05, 4.69) is 28.5 Å². The number of carbonyl (C=O) groups is 1. The number of allylic oxidation sites excluding steroid dienone is 1. The number of aryl methyl sites for hydroxylation is 2. The zero-order chi connectivity index (χ0) is 22.5. The molecule has 0 atom stereocenters. The van der Waals surface area contributed by atoms with E-state index in [0.717, 1.165) is 29.7 Å². The van der Waals surface area contributed by atoms with Crippen LogP contribution in [0.1, 0.15) is 44.6 Å². The monoisotopic (exact) mass is 438 g/mol. The second-order valence-corrected chi connectivity index (χ2v) is 8.20. The minimum atomic E-state index is -0.414. The maximum Gasteiger partial charge on any atom is 0.281 e. The lowest BCUT2D eigenvalue weighted by Gasteiger charge is -2.13. The SMILES string of the molecule is C=C(OC)c1ccc(C(=O)N/N=C(\C)C(=N)/C(O)=C(\NC)c2ccc3c(c2)CCC3)s1. The summed E-state index contributed by atoms with van der Waals surface area (Å²) >= 11 is 1.23. The van der Waals surface area contributed by atoms with Gasteiger partial charge in [0.25, 0.3) is 5.91 Å². The van der Waals surface area contributed by atoms with Gasteiger partial charge in [0, 0.05) is 12.6 Å². The Kier molecular flexibility index (Phi) is 6.91. The maximum absolute atomic E-state index is 12.4. The van der Waals surface area contributed by atoms with Crippen molar-refractivity contribution in [2.75, 3.05) is 14.2 Å². The van der Waals surface area contributed by atoms with Crippen molar-refractivity contribution in [2.45, 2.75) is 26.2 Å². The molecule has 1 aliphatic carbocycles. The number of hydrazone groups is 1. The van der Waals surface area contributed by atoms with Crippen molar-refractivity contribution in [1.29, 1.82) is 5.41 Å². The molecule has 4 N–H and O–H groups in total. The smallest absolute Gasteiger partial charge is 0.281 e. The first-order valence-electron chi connectivity index (χ1n) is 9.85. The molecule has 0 radical (unpaired) electrons.